The van der Waals surface area contributed by atoms with Gasteiger partial charge in [-0.1, -0.05) is 6.42 Å². The van der Waals surface area contributed by atoms with Gasteiger partial charge >= 0.3 is 0 Å². The number of piperidine rings is 2. The monoisotopic (exact) mass is 305 g/mol. The van der Waals surface area contributed by atoms with Gasteiger partial charge in [-0.05, 0) is 50.9 Å². The fraction of sp³-hybridized carbons (Fsp3) is 0.611. The van der Waals surface area contributed by atoms with Crippen molar-refractivity contribution in [1.29, 1.82) is 0 Å². The number of ketones is 1. The number of benzene rings is 1. The zero-order valence-electron chi connectivity index (χ0n) is 13.3. The van der Waals surface area contributed by atoms with Crippen molar-refractivity contribution in [3.05, 3.63) is 29.6 Å². The molecule has 2 saturated heterocycles. The van der Waals surface area contributed by atoms with Crippen LogP contribution in [0, 0.1) is 11.7 Å². The van der Waals surface area contributed by atoms with Crippen molar-refractivity contribution >= 4 is 5.78 Å². The Morgan fingerprint density at radius 2 is 2.00 bits per heavy atom. The average Bonchev–Trinajstić information content (AvgIpc) is 2.47. The Morgan fingerprint density at radius 3 is 2.64 bits per heavy atom. The molecule has 2 aliphatic heterocycles. The molecule has 1 aromatic rings. The van der Waals surface area contributed by atoms with Gasteiger partial charge in [-0.2, -0.15) is 0 Å². The number of fused-ring (bicyclic) bond motifs is 2. The van der Waals surface area contributed by atoms with Crippen LogP contribution in [0.3, 0.4) is 0 Å². The van der Waals surface area contributed by atoms with Crippen LogP contribution in [0.5, 0.6) is 5.75 Å². The highest BCUT2D eigenvalue weighted by Crippen LogP contribution is 2.37. The molecule has 3 rings (SSSR count). The average molecular weight is 305 g/mol. The molecule has 2 heterocycles. The summed E-state index contributed by atoms with van der Waals surface area (Å²) in [7, 11) is 3.74. The number of hydrogen-bond donors (Lipinski definition) is 0. The molecule has 0 N–H and O–H groups in total. The van der Waals surface area contributed by atoms with Crippen molar-refractivity contribution in [3.8, 4) is 5.75 Å². The molecule has 2 atom stereocenters. The molecule has 0 saturated carbocycles. The predicted octanol–water partition coefficient (Wildman–Crippen LogP) is 3.21. The van der Waals surface area contributed by atoms with E-state index in [4.69, 9.17) is 4.74 Å². The summed E-state index contributed by atoms with van der Waals surface area (Å²) in [6.07, 6.45) is 5.83. The lowest BCUT2D eigenvalue weighted by molar-refractivity contribution is -0.125. The Kier molecular flexibility index (Phi) is 4.48. The smallest absolute Gasteiger partial charge is 0.140 e. The highest BCUT2D eigenvalue weighted by molar-refractivity contribution is 5.84. The molecule has 2 unspecified atom stereocenters. The predicted molar refractivity (Wildman–Crippen MR) is 83.6 cm³/mol. The first-order valence-corrected chi connectivity index (χ1v) is 8.15. The number of nitrogens with zero attached hydrogens (tertiary/aromatic N) is 1. The molecular weight excluding hydrogens is 281 g/mol. The zero-order valence-corrected chi connectivity index (χ0v) is 13.3. The van der Waals surface area contributed by atoms with Crippen molar-refractivity contribution in [2.75, 3.05) is 14.2 Å². The fourth-order valence-corrected chi connectivity index (χ4v) is 4.10. The van der Waals surface area contributed by atoms with Gasteiger partial charge in [0.2, 0.25) is 0 Å². The van der Waals surface area contributed by atoms with Crippen LogP contribution in [0.25, 0.3) is 0 Å². The lowest BCUT2D eigenvalue weighted by Crippen LogP contribution is -2.51. The van der Waals surface area contributed by atoms with E-state index >= 15 is 0 Å². The lowest BCUT2D eigenvalue weighted by Gasteiger charge is -2.46. The van der Waals surface area contributed by atoms with Crippen molar-refractivity contribution in [2.24, 2.45) is 5.92 Å². The summed E-state index contributed by atoms with van der Waals surface area (Å²) >= 11 is 0. The molecule has 120 valence electrons. The Balaban J connectivity index is 1.71. The van der Waals surface area contributed by atoms with Crippen LogP contribution < -0.4 is 4.74 Å². The van der Waals surface area contributed by atoms with E-state index in [1.54, 1.807) is 13.2 Å². The first-order valence-electron chi connectivity index (χ1n) is 8.15. The third-order valence-corrected chi connectivity index (χ3v) is 5.40. The maximum atomic E-state index is 13.4. The molecule has 0 aliphatic carbocycles. The number of methoxy groups -OCH3 is 1. The normalized spacial score (nSPS) is 28.4. The molecule has 2 fully saturated rings. The first-order chi connectivity index (χ1) is 10.6. The Bertz CT molecular complexity index is 546. The minimum Gasteiger partial charge on any atom is -0.496 e. The van der Waals surface area contributed by atoms with Crippen LogP contribution in [0.2, 0.25) is 0 Å². The van der Waals surface area contributed by atoms with E-state index in [0.29, 0.717) is 23.4 Å². The number of ether oxygens (including phenoxy) is 1. The fourth-order valence-electron chi connectivity index (χ4n) is 4.10. The summed E-state index contributed by atoms with van der Waals surface area (Å²) < 4.78 is 18.7. The minimum absolute atomic E-state index is 0.111. The first kappa shape index (κ1) is 15.5. The van der Waals surface area contributed by atoms with E-state index in [2.05, 4.69) is 11.9 Å². The van der Waals surface area contributed by atoms with E-state index < -0.39 is 0 Å². The van der Waals surface area contributed by atoms with Crippen molar-refractivity contribution in [1.82, 2.24) is 4.90 Å². The maximum absolute atomic E-state index is 13.4. The molecule has 1 aromatic carbocycles. The third kappa shape index (κ3) is 3.02. The van der Waals surface area contributed by atoms with Crippen LogP contribution in [-0.2, 0) is 11.2 Å². The number of carbonyl (C=O) groups is 1. The second-order valence-electron chi connectivity index (χ2n) is 6.67. The second-order valence-corrected chi connectivity index (χ2v) is 6.67. The van der Waals surface area contributed by atoms with Crippen molar-refractivity contribution in [3.63, 3.8) is 0 Å². The zero-order chi connectivity index (χ0) is 15.7. The second kappa shape index (κ2) is 6.37. The Morgan fingerprint density at radius 1 is 1.32 bits per heavy atom. The standard InChI is InChI=1S/C18H24FNO2/c1-20-15-4-3-5-16(20)10-12(9-15)17(21)11-13-8-14(19)6-7-18(13)22-2/h6-8,12,15-16H,3-5,9-11H2,1-2H3. The lowest BCUT2D eigenvalue weighted by atomic mass is 9.76. The van der Waals surface area contributed by atoms with E-state index in [-0.39, 0.29) is 23.9 Å². The molecule has 0 radical (unpaired) electrons. The highest BCUT2D eigenvalue weighted by Gasteiger charge is 2.38. The Labute approximate surface area is 131 Å². The topological polar surface area (TPSA) is 29.5 Å². The summed E-state index contributed by atoms with van der Waals surface area (Å²) in [5, 5.41) is 0. The molecule has 4 heteroatoms. The third-order valence-electron chi connectivity index (χ3n) is 5.40. The summed E-state index contributed by atoms with van der Waals surface area (Å²) in [4.78, 5) is 15.1. The molecule has 0 amide bonds. The molecule has 2 bridgehead atoms. The number of hydrogen-bond acceptors (Lipinski definition) is 3. The van der Waals surface area contributed by atoms with Crippen molar-refractivity contribution < 1.29 is 13.9 Å². The quantitative estimate of drug-likeness (QED) is 0.855. The van der Waals surface area contributed by atoms with Gasteiger partial charge in [0.25, 0.3) is 0 Å². The molecule has 0 spiro atoms. The highest BCUT2D eigenvalue weighted by atomic mass is 19.1. The summed E-state index contributed by atoms with van der Waals surface area (Å²) in [5.41, 5.74) is 0.664. The number of carbonyl (C=O) groups excluding carboxylic acids is 1. The molecule has 0 aromatic heterocycles. The van der Waals surface area contributed by atoms with Crippen LogP contribution in [0.15, 0.2) is 18.2 Å². The van der Waals surface area contributed by atoms with Gasteiger partial charge in [0, 0.05) is 30.0 Å². The maximum Gasteiger partial charge on any atom is 0.140 e. The molecule has 2 aliphatic rings. The van der Waals surface area contributed by atoms with Crippen LogP contribution in [-0.4, -0.2) is 36.9 Å². The van der Waals surface area contributed by atoms with Gasteiger partial charge in [-0.3, -0.25) is 4.79 Å². The van der Waals surface area contributed by atoms with Crippen LogP contribution >= 0.6 is 0 Å². The van der Waals surface area contributed by atoms with Gasteiger partial charge in [-0.15, -0.1) is 0 Å². The largest absolute Gasteiger partial charge is 0.496 e. The van der Waals surface area contributed by atoms with E-state index in [1.165, 1.54) is 31.4 Å². The SMILES string of the molecule is COc1ccc(F)cc1CC(=O)C1CC2CCCC(C1)N2C. The molecular formula is C18H24FNO2. The van der Waals surface area contributed by atoms with E-state index in [9.17, 15) is 9.18 Å². The Hall–Kier alpha value is -1.42. The van der Waals surface area contributed by atoms with Crippen LogP contribution in [0.1, 0.15) is 37.7 Å². The van der Waals surface area contributed by atoms with Gasteiger partial charge < -0.3 is 9.64 Å². The van der Waals surface area contributed by atoms with Gasteiger partial charge in [0.1, 0.15) is 17.3 Å². The minimum atomic E-state index is -0.316. The molecule has 3 nitrogen and oxygen atoms in total. The van der Waals surface area contributed by atoms with Crippen molar-refractivity contribution in [2.45, 2.75) is 50.6 Å². The number of Topliss-reactive ketones (excluding diaryl/α,β-unsaturated/α-hetero) is 1. The number of halogens is 1. The van der Waals surface area contributed by atoms with Crippen LogP contribution in [0.4, 0.5) is 4.39 Å². The van der Waals surface area contributed by atoms with Gasteiger partial charge in [-0.25, -0.2) is 4.39 Å². The summed E-state index contributed by atoms with van der Waals surface area (Å²) in [6.45, 7) is 0. The van der Waals surface area contributed by atoms with E-state index in [1.807, 2.05) is 0 Å². The van der Waals surface area contributed by atoms with Gasteiger partial charge in [0.05, 0.1) is 7.11 Å². The van der Waals surface area contributed by atoms with E-state index in [0.717, 1.165) is 12.8 Å². The summed E-state index contributed by atoms with van der Waals surface area (Å²) in [5.74, 6) is 0.625. The van der Waals surface area contributed by atoms with Gasteiger partial charge in [0.15, 0.2) is 0 Å². The molecule has 22 heavy (non-hydrogen) atoms. The number of rotatable bonds is 4. The summed E-state index contributed by atoms with van der Waals surface area (Å²) in [6, 6.07) is 5.47.